The van der Waals surface area contributed by atoms with E-state index in [1.165, 1.54) is 89.0 Å². The van der Waals surface area contributed by atoms with Gasteiger partial charge >= 0.3 is 0 Å². The molecule has 0 spiro atoms. The second-order valence-electron chi connectivity index (χ2n) is 8.73. The van der Waals surface area contributed by atoms with Crippen LogP contribution in [0.15, 0.2) is 40.3 Å². The molecule has 0 bridgehead atoms. The van der Waals surface area contributed by atoms with E-state index < -0.39 is 0 Å². The zero-order valence-electron chi connectivity index (χ0n) is 19.0. The van der Waals surface area contributed by atoms with Gasteiger partial charge in [-0.2, -0.15) is 0 Å². The number of aliphatic imine (C=N–C) groups is 2. The molecule has 1 aliphatic heterocycles. The highest BCUT2D eigenvalue weighted by atomic mass is 15.0. The van der Waals surface area contributed by atoms with Gasteiger partial charge < -0.3 is 0 Å². The lowest BCUT2D eigenvalue weighted by atomic mass is 9.78. The van der Waals surface area contributed by atoms with Crippen molar-refractivity contribution in [2.45, 2.75) is 104 Å². The molecule has 1 aliphatic rings. The third-order valence-electron chi connectivity index (χ3n) is 6.27. The average Bonchev–Trinajstić information content (AvgIpc) is 3.28. The maximum absolute atomic E-state index is 4.63. The van der Waals surface area contributed by atoms with Gasteiger partial charge in [0, 0.05) is 0 Å². The molecule has 2 unspecified atom stereocenters. The minimum atomic E-state index is 0.501. The van der Waals surface area contributed by atoms with E-state index in [1.807, 2.05) is 12.4 Å². The van der Waals surface area contributed by atoms with Crippen molar-refractivity contribution in [1.82, 2.24) is 0 Å². The van der Waals surface area contributed by atoms with Gasteiger partial charge in [0.05, 0.1) is 5.92 Å². The van der Waals surface area contributed by atoms with Crippen molar-refractivity contribution in [2.24, 2.45) is 21.8 Å². The topological polar surface area (TPSA) is 24.7 Å². The van der Waals surface area contributed by atoms with Crippen LogP contribution >= 0.6 is 0 Å². The van der Waals surface area contributed by atoms with Crippen molar-refractivity contribution in [2.75, 3.05) is 0 Å². The lowest BCUT2D eigenvalue weighted by Gasteiger charge is -2.26. The van der Waals surface area contributed by atoms with Crippen LogP contribution < -0.4 is 0 Å². The van der Waals surface area contributed by atoms with Gasteiger partial charge in [-0.1, -0.05) is 125 Å². The Hall–Kier alpha value is -1.57. The van der Waals surface area contributed by atoms with Crippen molar-refractivity contribution in [3.05, 3.63) is 42.1 Å². The minimum Gasteiger partial charge on any atom is -0.0965 e. The highest BCUT2D eigenvalue weighted by Gasteiger charge is 2.35. The van der Waals surface area contributed by atoms with E-state index in [0.717, 1.165) is 12.6 Å². The summed E-state index contributed by atoms with van der Waals surface area (Å²) >= 11 is 0. The minimum absolute atomic E-state index is 0.501. The molecule has 2 nitrogen and oxygen atoms in total. The van der Waals surface area contributed by atoms with Gasteiger partial charge in [0.1, 0.15) is 0 Å². The summed E-state index contributed by atoms with van der Waals surface area (Å²) in [6.45, 7) is 4.58. The first kappa shape index (κ1) is 23.7. The SMILES string of the molecule is CCCCCCCCCCC(Cc1ccccc1)C(CCCCC)[C+]1N=CC=N1. The number of unbranched alkanes of at least 4 members (excludes halogenated alkanes) is 9. The van der Waals surface area contributed by atoms with E-state index in [9.17, 15) is 0 Å². The summed E-state index contributed by atoms with van der Waals surface area (Å²) in [6.07, 6.45) is 23.5. The summed E-state index contributed by atoms with van der Waals surface area (Å²) in [4.78, 5) is 9.27. The lowest BCUT2D eigenvalue weighted by molar-refractivity contribution is 0.284. The Morgan fingerprint density at radius 2 is 1.24 bits per heavy atom. The van der Waals surface area contributed by atoms with Gasteiger partial charge in [-0.15, -0.1) is 0 Å². The van der Waals surface area contributed by atoms with Crippen LogP contribution in [0, 0.1) is 18.0 Å². The van der Waals surface area contributed by atoms with Gasteiger partial charge in [-0.05, 0) is 30.7 Å². The van der Waals surface area contributed by atoms with Crippen LogP contribution in [-0.4, -0.2) is 12.4 Å². The van der Waals surface area contributed by atoms with Crippen LogP contribution in [-0.2, 0) is 6.42 Å². The van der Waals surface area contributed by atoms with Crippen molar-refractivity contribution in [3.63, 3.8) is 0 Å². The first-order chi connectivity index (χ1) is 14.3. The van der Waals surface area contributed by atoms with E-state index >= 15 is 0 Å². The lowest BCUT2D eigenvalue weighted by Crippen LogP contribution is -2.22. The van der Waals surface area contributed by atoms with Crippen LogP contribution in [0.25, 0.3) is 0 Å². The third-order valence-corrected chi connectivity index (χ3v) is 6.27. The summed E-state index contributed by atoms with van der Waals surface area (Å²) in [6, 6.07) is 11.0. The number of benzene rings is 1. The standard InChI is InChI=1S/C27H43N2/c1-3-5-7-8-9-10-11-16-19-25(23-24-17-14-12-15-18-24)26(20-13-6-4-2)27-28-21-22-29-27/h12,14-15,17-18,21-22,25-26H,3-11,13,16,19-20,23H2,1-2H3/q+1. The summed E-state index contributed by atoms with van der Waals surface area (Å²) in [7, 11) is 0. The monoisotopic (exact) mass is 395 g/mol. The molecule has 0 saturated heterocycles. The Morgan fingerprint density at radius 3 is 1.90 bits per heavy atom. The second kappa shape index (κ2) is 15.3. The normalized spacial score (nSPS) is 15.2. The number of nitrogens with zero attached hydrogens (tertiary/aromatic N) is 2. The smallest absolute Gasteiger partial charge is 0.0965 e. The molecular weight excluding hydrogens is 352 g/mol. The fourth-order valence-corrected chi connectivity index (χ4v) is 4.54. The number of hydrogen-bond donors (Lipinski definition) is 0. The van der Waals surface area contributed by atoms with E-state index in [-0.39, 0.29) is 0 Å². The Bertz CT molecular complexity index is 551. The second-order valence-corrected chi connectivity index (χ2v) is 8.73. The summed E-state index contributed by atoms with van der Waals surface area (Å²) in [5.41, 5.74) is 1.46. The van der Waals surface area contributed by atoms with Crippen molar-refractivity contribution in [1.29, 1.82) is 0 Å². The van der Waals surface area contributed by atoms with Crippen LogP contribution in [0.2, 0.25) is 0 Å². The van der Waals surface area contributed by atoms with Gasteiger partial charge in [0.15, 0.2) is 12.4 Å². The molecule has 160 valence electrons. The highest BCUT2D eigenvalue weighted by molar-refractivity contribution is 6.18. The predicted molar refractivity (Wildman–Crippen MR) is 129 cm³/mol. The first-order valence-electron chi connectivity index (χ1n) is 12.3. The third kappa shape index (κ3) is 9.65. The summed E-state index contributed by atoms with van der Waals surface area (Å²) < 4.78 is 0. The van der Waals surface area contributed by atoms with E-state index in [2.05, 4.69) is 54.2 Å². The Labute approximate surface area is 180 Å². The predicted octanol–water partition coefficient (Wildman–Crippen LogP) is 8.22. The molecule has 2 heteroatoms. The molecule has 1 aromatic carbocycles. The molecule has 1 aromatic rings. The molecule has 1 heterocycles. The maximum atomic E-state index is 4.63. The zero-order valence-corrected chi connectivity index (χ0v) is 19.0. The highest BCUT2D eigenvalue weighted by Crippen LogP contribution is 2.36. The van der Waals surface area contributed by atoms with E-state index in [1.54, 1.807) is 0 Å². The summed E-state index contributed by atoms with van der Waals surface area (Å²) in [5, 5.41) is 0. The summed E-state index contributed by atoms with van der Waals surface area (Å²) in [5.74, 6) is 1.15. The maximum Gasteiger partial charge on any atom is 0.244 e. The molecule has 0 amide bonds. The zero-order chi connectivity index (χ0) is 20.6. The molecule has 2 rings (SSSR count). The molecule has 0 aliphatic carbocycles. The Balaban J connectivity index is 1.91. The number of rotatable bonds is 17. The average molecular weight is 396 g/mol. The largest absolute Gasteiger partial charge is 0.244 e. The van der Waals surface area contributed by atoms with Gasteiger partial charge in [-0.25, -0.2) is 0 Å². The quantitative estimate of drug-likeness (QED) is 0.187. The fourth-order valence-electron chi connectivity index (χ4n) is 4.54. The van der Waals surface area contributed by atoms with Crippen molar-refractivity contribution < 1.29 is 0 Å². The van der Waals surface area contributed by atoms with Gasteiger partial charge in [0.2, 0.25) is 6.17 Å². The molecule has 0 N–H and O–H groups in total. The molecule has 0 fully saturated rings. The van der Waals surface area contributed by atoms with E-state index in [4.69, 9.17) is 0 Å². The first-order valence-corrected chi connectivity index (χ1v) is 12.3. The van der Waals surface area contributed by atoms with Crippen molar-refractivity contribution >= 4 is 12.4 Å². The fraction of sp³-hybridized carbons (Fsp3) is 0.667. The molecule has 0 aromatic heterocycles. The van der Waals surface area contributed by atoms with Gasteiger partial charge in [0.25, 0.3) is 0 Å². The Kier molecular flexibility index (Phi) is 12.5. The molecular formula is C27H43N2+. The number of hydrogen-bond acceptors (Lipinski definition) is 2. The Morgan fingerprint density at radius 1 is 0.690 bits per heavy atom. The van der Waals surface area contributed by atoms with Crippen LogP contribution in [0.3, 0.4) is 0 Å². The molecule has 0 radical (unpaired) electrons. The van der Waals surface area contributed by atoms with Gasteiger partial charge in [-0.3, -0.25) is 0 Å². The van der Waals surface area contributed by atoms with Crippen LogP contribution in [0.1, 0.15) is 103 Å². The molecule has 0 saturated carbocycles. The van der Waals surface area contributed by atoms with Crippen molar-refractivity contribution in [3.8, 4) is 0 Å². The van der Waals surface area contributed by atoms with E-state index in [0.29, 0.717) is 11.8 Å². The molecule has 2 atom stereocenters. The van der Waals surface area contributed by atoms with Crippen LogP contribution in [0.5, 0.6) is 0 Å². The molecule has 29 heavy (non-hydrogen) atoms. The van der Waals surface area contributed by atoms with Crippen LogP contribution in [0.4, 0.5) is 0 Å².